The molecular formula is C19H20N2O4S. The molecule has 0 fully saturated rings. The molecule has 2 aromatic carbocycles. The molecule has 2 N–H and O–H groups in total. The fourth-order valence-electron chi connectivity index (χ4n) is 2.02. The third-order valence-corrected chi connectivity index (χ3v) is 4.60. The number of nitrogens with one attached hydrogen (secondary N) is 2. The van der Waals surface area contributed by atoms with Crippen molar-refractivity contribution in [2.24, 2.45) is 0 Å². The van der Waals surface area contributed by atoms with E-state index >= 15 is 0 Å². The second-order valence-corrected chi connectivity index (χ2v) is 6.51. The summed E-state index contributed by atoms with van der Waals surface area (Å²) in [6.45, 7) is 3.40. The van der Waals surface area contributed by atoms with Gasteiger partial charge >= 0.3 is 5.97 Å². The lowest BCUT2D eigenvalue weighted by molar-refractivity contribution is -0.152. The van der Waals surface area contributed by atoms with Crippen LogP contribution in [0.2, 0.25) is 0 Å². The molecule has 2 amide bonds. The van der Waals surface area contributed by atoms with Gasteiger partial charge in [0.15, 0.2) is 6.10 Å². The Labute approximate surface area is 156 Å². The third-order valence-electron chi connectivity index (χ3n) is 3.45. The highest BCUT2D eigenvalue weighted by Crippen LogP contribution is 2.21. The molecule has 1 atom stereocenters. The Morgan fingerprint density at radius 2 is 1.65 bits per heavy atom. The smallest absolute Gasteiger partial charge is 0.317 e. The fraction of sp³-hybridized carbons (Fsp3) is 0.211. The Kier molecular flexibility index (Phi) is 7.23. The number of amides is 2. The van der Waals surface area contributed by atoms with Crippen LogP contribution in [0.1, 0.15) is 22.8 Å². The van der Waals surface area contributed by atoms with E-state index < -0.39 is 23.9 Å². The number of benzene rings is 2. The molecule has 0 spiro atoms. The first-order chi connectivity index (χ1) is 12.5. The van der Waals surface area contributed by atoms with Crippen molar-refractivity contribution in [3.63, 3.8) is 0 Å². The zero-order chi connectivity index (χ0) is 18.9. The van der Waals surface area contributed by atoms with Gasteiger partial charge in [0.25, 0.3) is 11.8 Å². The van der Waals surface area contributed by atoms with Gasteiger partial charge in [-0.15, -0.1) is 11.8 Å². The van der Waals surface area contributed by atoms with Crippen LogP contribution in [0.4, 0.5) is 0 Å². The summed E-state index contributed by atoms with van der Waals surface area (Å²) in [7, 11) is 0. The molecule has 0 bridgehead atoms. The monoisotopic (exact) mass is 372 g/mol. The second-order valence-electron chi connectivity index (χ2n) is 5.50. The molecule has 0 saturated heterocycles. The highest BCUT2D eigenvalue weighted by atomic mass is 32.2. The summed E-state index contributed by atoms with van der Waals surface area (Å²) in [5.74, 6) is -1.47. The third kappa shape index (κ3) is 5.93. The van der Waals surface area contributed by atoms with E-state index in [-0.39, 0.29) is 5.75 Å². The van der Waals surface area contributed by atoms with Crippen LogP contribution in [0.3, 0.4) is 0 Å². The number of carbonyl (C=O) groups is 3. The van der Waals surface area contributed by atoms with E-state index in [1.165, 1.54) is 18.7 Å². The summed E-state index contributed by atoms with van der Waals surface area (Å²) in [5.41, 5.74) is 6.01. The first kappa shape index (κ1) is 19.5. The quantitative estimate of drug-likeness (QED) is 0.462. The SMILES string of the molecule is Cc1ccccc1SCC(=O)O[C@@H](C)C(=O)NNC(=O)c1ccccc1. The van der Waals surface area contributed by atoms with Crippen molar-refractivity contribution in [3.8, 4) is 0 Å². The van der Waals surface area contributed by atoms with Crippen molar-refractivity contribution < 1.29 is 19.1 Å². The number of hydrazine groups is 1. The Bertz CT molecular complexity index is 780. The molecule has 0 aliphatic carbocycles. The van der Waals surface area contributed by atoms with Gasteiger partial charge in [0.1, 0.15) is 0 Å². The second kappa shape index (κ2) is 9.62. The van der Waals surface area contributed by atoms with Crippen LogP contribution in [-0.4, -0.2) is 29.6 Å². The van der Waals surface area contributed by atoms with Crippen molar-refractivity contribution in [1.29, 1.82) is 0 Å². The van der Waals surface area contributed by atoms with Crippen LogP contribution >= 0.6 is 11.8 Å². The molecular weight excluding hydrogens is 352 g/mol. The molecule has 136 valence electrons. The maximum absolute atomic E-state index is 11.9. The van der Waals surface area contributed by atoms with Crippen molar-refractivity contribution in [2.75, 3.05) is 5.75 Å². The molecule has 0 unspecified atom stereocenters. The molecule has 0 saturated carbocycles. The van der Waals surface area contributed by atoms with Crippen molar-refractivity contribution in [3.05, 3.63) is 65.7 Å². The lowest BCUT2D eigenvalue weighted by atomic mass is 10.2. The number of esters is 1. The summed E-state index contributed by atoms with van der Waals surface area (Å²) in [4.78, 5) is 36.7. The normalized spacial score (nSPS) is 11.3. The number of aryl methyl sites for hydroxylation is 1. The molecule has 0 aliphatic rings. The summed E-state index contributed by atoms with van der Waals surface area (Å²) in [5, 5.41) is 0. The fourth-order valence-corrected chi connectivity index (χ4v) is 2.83. The summed E-state index contributed by atoms with van der Waals surface area (Å²) in [6.07, 6.45) is -1.02. The zero-order valence-corrected chi connectivity index (χ0v) is 15.3. The van der Waals surface area contributed by atoms with E-state index in [1.807, 2.05) is 31.2 Å². The Morgan fingerprint density at radius 3 is 2.35 bits per heavy atom. The number of thioether (sulfide) groups is 1. The molecule has 0 aliphatic heterocycles. The summed E-state index contributed by atoms with van der Waals surface area (Å²) < 4.78 is 5.09. The molecule has 0 aromatic heterocycles. The number of carbonyl (C=O) groups excluding carboxylic acids is 3. The van der Waals surface area contributed by atoms with E-state index in [9.17, 15) is 14.4 Å². The lowest BCUT2D eigenvalue weighted by Gasteiger charge is -2.14. The van der Waals surface area contributed by atoms with E-state index in [1.54, 1.807) is 30.3 Å². The molecule has 2 aromatic rings. The highest BCUT2D eigenvalue weighted by Gasteiger charge is 2.18. The van der Waals surface area contributed by atoms with Gasteiger partial charge < -0.3 is 4.74 Å². The summed E-state index contributed by atoms with van der Waals surface area (Å²) >= 11 is 1.35. The standard InChI is InChI=1S/C19H20N2O4S/c1-13-8-6-7-11-16(13)26-12-17(22)25-14(2)18(23)20-21-19(24)15-9-4-3-5-10-15/h3-11,14H,12H2,1-2H3,(H,20,23)(H,21,24)/t14-/m0/s1. The van der Waals surface area contributed by atoms with Gasteiger partial charge in [-0.1, -0.05) is 36.4 Å². The average Bonchev–Trinajstić information content (AvgIpc) is 2.65. The van der Waals surface area contributed by atoms with Crippen LogP contribution in [0.15, 0.2) is 59.5 Å². The lowest BCUT2D eigenvalue weighted by Crippen LogP contribution is -2.46. The van der Waals surface area contributed by atoms with Crippen molar-refractivity contribution >= 4 is 29.5 Å². The number of hydrogen-bond donors (Lipinski definition) is 2. The number of rotatable bonds is 6. The first-order valence-electron chi connectivity index (χ1n) is 8.00. The minimum atomic E-state index is -1.02. The first-order valence-corrected chi connectivity index (χ1v) is 8.99. The van der Waals surface area contributed by atoms with Gasteiger partial charge in [0, 0.05) is 10.5 Å². The van der Waals surface area contributed by atoms with Crippen LogP contribution in [0.25, 0.3) is 0 Å². The molecule has 6 nitrogen and oxygen atoms in total. The van der Waals surface area contributed by atoms with Gasteiger partial charge in [-0.25, -0.2) is 0 Å². The van der Waals surface area contributed by atoms with Gasteiger partial charge in [-0.05, 0) is 37.6 Å². The molecule has 0 radical (unpaired) electrons. The maximum atomic E-state index is 11.9. The average molecular weight is 372 g/mol. The van der Waals surface area contributed by atoms with E-state index in [2.05, 4.69) is 10.9 Å². The molecule has 26 heavy (non-hydrogen) atoms. The zero-order valence-electron chi connectivity index (χ0n) is 14.5. The van der Waals surface area contributed by atoms with Gasteiger partial charge in [-0.2, -0.15) is 0 Å². The predicted molar refractivity (Wildman–Crippen MR) is 99.5 cm³/mol. The Hall–Kier alpha value is -2.80. The number of ether oxygens (including phenoxy) is 1. The van der Waals surface area contributed by atoms with Gasteiger partial charge in [0.05, 0.1) is 5.75 Å². The highest BCUT2D eigenvalue weighted by molar-refractivity contribution is 8.00. The van der Waals surface area contributed by atoms with Crippen molar-refractivity contribution in [1.82, 2.24) is 10.9 Å². The van der Waals surface area contributed by atoms with E-state index in [0.717, 1.165) is 10.5 Å². The van der Waals surface area contributed by atoms with Crippen LogP contribution in [0, 0.1) is 6.92 Å². The van der Waals surface area contributed by atoms with Gasteiger partial charge in [-0.3, -0.25) is 25.2 Å². The number of hydrogen-bond acceptors (Lipinski definition) is 5. The van der Waals surface area contributed by atoms with Crippen LogP contribution < -0.4 is 10.9 Å². The van der Waals surface area contributed by atoms with E-state index in [0.29, 0.717) is 5.56 Å². The molecule has 0 heterocycles. The minimum Gasteiger partial charge on any atom is -0.452 e. The molecule has 2 rings (SSSR count). The van der Waals surface area contributed by atoms with E-state index in [4.69, 9.17) is 4.74 Å². The van der Waals surface area contributed by atoms with Crippen LogP contribution in [-0.2, 0) is 14.3 Å². The minimum absolute atomic E-state index is 0.0961. The topological polar surface area (TPSA) is 84.5 Å². The molecule has 7 heteroatoms. The Balaban J connectivity index is 1.75. The van der Waals surface area contributed by atoms with Crippen LogP contribution in [0.5, 0.6) is 0 Å². The Morgan fingerprint density at radius 1 is 1.00 bits per heavy atom. The van der Waals surface area contributed by atoms with Gasteiger partial charge in [0.2, 0.25) is 0 Å². The maximum Gasteiger partial charge on any atom is 0.317 e. The predicted octanol–water partition coefficient (Wildman–Crippen LogP) is 2.48. The van der Waals surface area contributed by atoms with Crippen molar-refractivity contribution in [2.45, 2.75) is 24.8 Å². The summed E-state index contributed by atoms with van der Waals surface area (Å²) in [6, 6.07) is 16.1. The largest absolute Gasteiger partial charge is 0.452 e.